The Kier molecular flexibility index (Phi) is 5.56. The zero-order chi connectivity index (χ0) is 13.9. The number of nitrogens with one attached hydrogen (secondary N) is 1. The number of aliphatic hydroxyl groups is 2. The second kappa shape index (κ2) is 6.31. The molecule has 0 heterocycles. The van der Waals surface area contributed by atoms with E-state index in [9.17, 15) is 8.42 Å². The number of benzene rings is 1. The van der Waals surface area contributed by atoms with Crippen LogP contribution >= 0.6 is 31.9 Å². The molecule has 0 aliphatic carbocycles. The van der Waals surface area contributed by atoms with Gasteiger partial charge in [-0.15, -0.1) is 0 Å². The van der Waals surface area contributed by atoms with Crippen LogP contribution in [-0.2, 0) is 10.0 Å². The maximum absolute atomic E-state index is 12.1. The molecule has 0 atom stereocenters. The topological polar surface area (TPSA) is 113 Å². The van der Waals surface area contributed by atoms with Crippen molar-refractivity contribution in [3.8, 4) is 0 Å². The van der Waals surface area contributed by atoms with Crippen molar-refractivity contribution in [2.75, 3.05) is 18.9 Å². The summed E-state index contributed by atoms with van der Waals surface area (Å²) in [5.41, 5.74) is 5.72. The minimum atomic E-state index is -3.92. The summed E-state index contributed by atoms with van der Waals surface area (Å²) in [7, 11) is -3.92. The van der Waals surface area contributed by atoms with E-state index < -0.39 is 29.3 Å². The van der Waals surface area contributed by atoms with E-state index in [0.29, 0.717) is 4.47 Å². The molecule has 0 aliphatic heterocycles. The number of aliphatic hydroxyl groups excluding tert-OH is 2. The molecule has 0 aliphatic rings. The molecule has 9 heteroatoms. The maximum Gasteiger partial charge on any atom is 0.244 e. The van der Waals surface area contributed by atoms with Gasteiger partial charge in [-0.1, -0.05) is 15.9 Å². The maximum atomic E-state index is 12.1. The second-order valence-corrected chi connectivity index (χ2v) is 6.91. The summed E-state index contributed by atoms with van der Waals surface area (Å²) < 4.78 is 27.2. The first-order valence-electron chi connectivity index (χ1n) is 4.80. The van der Waals surface area contributed by atoms with E-state index in [1.807, 2.05) is 0 Å². The van der Waals surface area contributed by atoms with Crippen LogP contribution < -0.4 is 10.5 Å². The van der Waals surface area contributed by atoms with Crippen molar-refractivity contribution in [3.05, 3.63) is 21.1 Å². The third-order valence-electron chi connectivity index (χ3n) is 2.07. The van der Waals surface area contributed by atoms with Crippen molar-refractivity contribution in [3.63, 3.8) is 0 Å². The van der Waals surface area contributed by atoms with Crippen molar-refractivity contribution < 1.29 is 18.6 Å². The van der Waals surface area contributed by atoms with Crippen molar-refractivity contribution >= 4 is 47.6 Å². The van der Waals surface area contributed by atoms with Crippen molar-refractivity contribution in [1.82, 2.24) is 4.72 Å². The van der Waals surface area contributed by atoms with Crippen LogP contribution in [0.15, 0.2) is 26.0 Å². The van der Waals surface area contributed by atoms with E-state index in [1.54, 1.807) is 0 Å². The highest BCUT2D eigenvalue weighted by molar-refractivity contribution is 9.11. The number of halogens is 2. The Morgan fingerprint density at radius 1 is 1.28 bits per heavy atom. The molecular formula is C9H12Br2N2O4S. The molecule has 0 saturated carbocycles. The van der Waals surface area contributed by atoms with Gasteiger partial charge in [-0.05, 0) is 28.1 Å². The zero-order valence-electron chi connectivity index (χ0n) is 9.10. The van der Waals surface area contributed by atoms with E-state index >= 15 is 0 Å². The fourth-order valence-electron chi connectivity index (χ4n) is 1.27. The lowest BCUT2D eigenvalue weighted by molar-refractivity contribution is 0.185. The van der Waals surface area contributed by atoms with Crippen molar-refractivity contribution in [2.24, 2.45) is 0 Å². The lowest BCUT2D eigenvalue weighted by Gasteiger charge is -2.16. The van der Waals surface area contributed by atoms with Gasteiger partial charge in [-0.25, -0.2) is 13.1 Å². The number of nitrogen functional groups attached to an aromatic ring is 1. The molecule has 0 fully saturated rings. The van der Waals surface area contributed by atoms with Crippen LogP contribution in [0.5, 0.6) is 0 Å². The standard InChI is InChI=1S/C9H12Br2N2O4S/c10-5-1-7(11)9(8(12)2-5)18(16,17)13-6(3-14)4-15/h1-2,6,13-15H,3-4,12H2. The Morgan fingerprint density at radius 3 is 2.28 bits per heavy atom. The van der Waals surface area contributed by atoms with Crippen LogP contribution in [0.4, 0.5) is 5.69 Å². The van der Waals surface area contributed by atoms with Crippen molar-refractivity contribution in [1.29, 1.82) is 0 Å². The Morgan fingerprint density at radius 2 is 1.83 bits per heavy atom. The van der Waals surface area contributed by atoms with Gasteiger partial charge >= 0.3 is 0 Å². The van der Waals surface area contributed by atoms with Crippen molar-refractivity contribution in [2.45, 2.75) is 10.9 Å². The normalized spacial score (nSPS) is 12.1. The predicted octanol–water partition coefficient (Wildman–Crippen LogP) is 0.425. The van der Waals surface area contributed by atoms with Gasteiger partial charge in [0.05, 0.1) is 24.9 Å². The van der Waals surface area contributed by atoms with E-state index in [2.05, 4.69) is 36.6 Å². The molecule has 5 N–H and O–H groups in total. The first-order valence-corrected chi connectivity index (χ1v) is 7.87. The minimum absolute atomic E-state index is 0.0541. The Bertz CT molecular complexity index is 508. The Labute approximate surface area is 122 Å². The number of hydrogen-bond acceptors (Lipinski definition) is 5. The Balaban J connectivity index is 3.21. The third kappa shape index (κ3) is 3.65. The first-order chi connectivity index (χ1) is 8.31. The van der Waals surface area contributed by atoms with Gasteiger partial charge in [0.1, 0.15) is 4.90 Å². The molecule has 18 heavy (non-hydrogen) atoms. The highest BCUT2D eigenvalue weighted by Gasteiger charge is 2.24. The largest absolute Gasteiger partial charge is 0.398 e. The number of rotatable bonds is 5. The number of sulfonamides is 1. The molecule has 0 spiro atoms. The fourth-order valence-corrected chi connectivity index (χ4v) is 4.56. The smallest absolute Gasteiger partial charge is 0.244 e. The van der Waals surface area contributed by atoms with E-state index in [1.165, 1.54) is 12.1 Å². The number of anilines is 1. The van der Waals surface area contributed by atoms with Gasteiger partial charge in [0.15, 0.2) is 0 Å². The Hall–Kier alpha value is -0.190. The summed E-state index contributed by atoms with van der Waals surface area (Å²) in [4.78, 5) is -0.127. The van der Waals surface area contributed by atoms with Gasteiger partial charge in [-0.2, -0.15) is 0 Å². The average Bonchev–Trinajstić information content (AvgIpc) is 2.23. The molecular weight excluding hydrogens is 392 g/mol. The third-order valence-corrected chi connectivity index (χ3v) is 5.05. The van der Waals surface area contributed by atoms with Crippen LogP contribution in [0.1, 0.15) is 0 Å². The van der Waals surface area contributed by atoms with E-state index in [0.717, 1.165) is 0 Å². The summed E-state index contributed by atoms with van der Waals surface area (Å²) in [6.45, 7) is -1.02. The SMILES string of the molecule is Nc1cc(Br)cc(Br)c1S(=O)(=O)NC(CO)CO. The van der Waals surface area contributed by atoms with Crippen LogP contribution in [-0.4, -0.2) is 37.9 Å². The zero-order valence-corrected chi connectivity index (χ0v) is 13.1. The monoisotopic (exact) mass is 402 g/mol. The summed E-state index contributed by atoms with van der Waals surface area (Å²) in [6, 6.07) is 2.02. The van der Waals surface area contributed by atoms with Crippen LogP contribution in [0.3, 0.4) is 0 Å². The number of nitrogens with two attached hydrogens (primary N) is 1. The molecule has 0 aromatic heterocycles. The van der Waals surface area contributed by atoms with Crippen LogP contribution in [0, 0.1) is 0 Å². The molecule has 0 unspecified atom stereocenters. The summed E-state index contributed by atoms with van der Waals surface area (Å²) in [6.07, 6.45) is 0. The minimum Gasteiger partial charge on any atom is -0.398 e. The summed E-state index contributed by atoms with van der Waals surface area (Å²) in [5.74, 6) is 0. The average molecular weight is 404 g/mol. The van der Waals surface area contributed by atoms with Gasteiger partial charge < -0.3 is 15.9 Å². The molecule has 1 rings (SSSR count). The molecule has 1 aromatic carbocycles. The lowest BCUT2D eigenvalue weighted by atomic mass is 10.3. The van der Waals surface area contributed by atoms with E-state index in [-0.39, 0.29) is 15.1 Å². The highest BCUT2D eigenvalue weighted by Crippen LogP contribution is 2.31. The molecule has 0 radical (unpaired) electrons. The lowest BCUT2D eigenvalue weighted by Crippen LogP contribution is -2.40. The fraction of sp³-hybridized carbons (Fsp3) is 0.333. The molecule has 102 valence electrons. The van der Waals surface area contributed by atoms with Gasteiger partial charge in [0.2, 0.25) is 10.0 Å². The number of hydrogen-bond donors (Lipinski definition) is 4. The van der Waals surface area contributed by atoms with Gasteiger partial charge in [0.25, 0.3) is 0 Å². The summed E-state index contributed by atoms with van der Waals surface area (Å²) >= 11 is 6.30. The predicted molar refractivity (Wildman–Crippen MR) is 74.5 cm³/mol. The second-order valence-electron chi connectivity index (χ2n) is 3.49. The van der Waals surface area contributed by atoms with Crippen LogP contribution in [0.2, 0.25) is 0 Å². The molecule has 6 nitrogen and oxygen atoms in total. The van der Waals surface area contributed by atoms with Crippen LogP contribution in [0.25, 0.3) is 0 Å². The molecule has 0 bridgehead atoms. The van der Waals surface area contributed by atoms with Gasteiger partial charge in [-0.3, -0.25) is 0 Å². The van der Waals surface area contributed by atoms with E-state index in [4.69, 9.17) is 15.9 Å². The quantitative estimate of drug-likeness (QED) is 0.532. The van der Waals surface area contributed by atoms with Gasteiger partial charge in [0, 0.05) is 8.95 Å². The summed E-state index contributed by atoms with van der Waals surface area (Å²) in [5, 5.41) is 17.8. The first kappa shape index (κ1) is 15.9. The highest BCUT2D eigenvalue weighted by atomic mass is 79.9. The molecule has 0 amide bonds. The molecule has 1 aromatic rings. The molecule has 0 saturated heterocycles.